The predicted octanol–water partition coefficient (Wildman–Crippen LogP) is 2.56. The smallest absolute Gasteiger partial charge is 0.0636 e. The van der Waals surface area contributed by atoms with Gasteiger partial charge in [0.2, 0.25) is 0 Å². The van der Waals surface area contributed by atoms with E-state index in [-0.39, 0.29) is 0 Å². The number of thiocarbonyl (C=S) groups is 1. The van der Waals surface area contributed by atoms with Crippen LogP contribution in [-0.2, 0) is 0 Å². The van der Waals surface area contributed by atoms with E-state index in [1.54, 1.807) is 12.1 Å². The fourth-order valence-corrected chi connectivity index (χ4v) is 0.780. The molecule has 0 aliphatic carbocycles. The second-order valence-corrected chi connectivity index (χ2v) is 2.25. The number of hydrogen-bond acceptors (Lipinski definition) is 1. The van der Waals surface area contributed by atoms with E-state index in [4.69, 9.17) is 11.6 Å². The highest BCUT2D eigenvalue weighted by Crippen LogP contribution is 2.07. The average molecular weight is 156 g/mol. The van der Waals surface area contributed by atoms with Gasteiger partial charge < -0.3 is 0 Å². The Morgan fingerprint density at radius 3 is 2.22 bits per heavy atom. The summed E-state index contributed by atoms with van der Waals surface area (Å²) in [5, 5.41) is 3.30. The molecule has 1 aromatic carbocycles. The van der Waals surface area contributed by atoms with Crippen molar-refractivity contribution in [2.45, 2.75) is 0 Å². The summed E-state index contributed by atoms with van der Waals surface area (Å²) in [6, 6.07) is 7.23. The second kappa shape index (κ2) is 2.95. The third-order valence-corrected chi connectivity index (χ3v) is 1.45. The van der Waals surface area contributed by atoms with Gasteiger partial charge in [-0.2, -0.15) is 0 Å². The fourth-order valence-electron chi connectivity index (χ4n) is 0.518. The molecule has 0 amide bonds. The van der Waals surface area contributed by atoms with Crippen molar-refractivity contribution in [1.29, 1.82) is 0 Å². The van der Waals surface area contributed by atoms with E-state index >= 15 is 0 Å². The zero-order valence-electron chi connectivity index (χ0n) is 4.60. The Kier molecular flexibility index (Phi) is 2.20. The molecule has 1 rings (SSSR count). The summed E-state index contributed by atoms with van der Waals surface area (Å²) in [7, 11) is 0. The van der Waals surface area contributed by atoms with Crippen LogP contribution in [0, 0.1) is 0 Å². The van der Waals surface area contributed by atoms with E-state index in [0.29, 0.717) is 0 Å². The van der Waals surface area contributed by atoms with Gasteiger partial charge >= 0.3 is 0 Å². The van der Waals surface area contributed by atoms with Crippen LogP contribution in [0.5, 0.6) is 0 Å². The maximum absolute atomic E-state index is 5.61. The van der Waals surface area contributed by atoms with Crippen LogP contribution in [-0.4, -0.2) is 5.37 Å². The minimum absolute atomic E-state index is 0.726. The van der Waals surface area contributed by atoms with Crippen LogP contribution in [0.1, 0.15) is 5.56 Å². The van der Waals surface area contributed by atoms with Crippen molar-refractivity contribution in [2.75, 3.05) is 0 Å². The molecule has 0 aromatic heterocycles. The summed E-state index contributed by atoms with van der Waals surface area (Å²) >= 11 is 10.2. The molecule has 0 saturated carbocycles. The van der Waals surface area contributed by atoms with Gasteiger partial charge in [0.1, 0.15) is 0 Å². The molecule has 0 heterocycles. The lowest BCUT2D eigenvalue weighted by atomic mass is 10.2. The first kappa shape index (κ1) is 6.72. The van der Waals surface area contributed by atoms with Gasteiger partial charge in [-0.25, -0.2) is 0 Å². The van der Waals surface area contributed by atoms with E-state index < -0.39 is 0 Å². The van der Waals surface area contributed by atoms with Crippen LogP contribution in [0.15, 0.2) is 24.3 Å². The Bertz CT molecular complexity index is 203. The summed E-state index contributed by atoms with van der Waals surface area (Å²) in [5.41, 5.74) is 0.898. The summed E-state index contributed by atoms with van der Waals surface area (Å²) in [5.74, 6) is 0. The Hall–Kier alpha value is -0.400. The molecule has 0 bridgehead atoms. The second-order valence-electron chi connectivity index (χ2n) is 1.61. The fraction of sp³-hybridized carbons (Fsp3) is 0. The van der Waals surface area contributed by atoms with Crippen molar-refractivity contribution in [3.63, 3.8) is 0 Å². The molecule has 45 valence electrons. The van der Waals surface area contributed by atoms with Crippen LogP contribution in [0.3, 0.4) is 0 Å². The zero-order chi connectivity index (χ0) is 6.69. The lowest BCUT2D eigenvalue weighted by Crippen LogP contribution is -1.73. The van der Waals surface area contributed by atoms with Gasteiger partial charge in [-0.3, -0.25) is 0 Å². The molecule has 0 nitrogen and oxygen atoms in total. The molecule has 0 spiro atoms. The number of halogens is 1. The quantitative estimate of drug-likeness (QED) is 0.562. The van der Waals surface area contributed by atoms with E-state index in [1.807, 2.05) is 12.1 Å². The lowest BCUT2D eigenvalue weighted by Gasteiger charge is -1.88. The van der Waals surface area contributed by atoms with E-state index in [1.165, 1.54) is 0 Å². The highest BCUT2D eigenvalue weighted by Gasteiger charge is 1.85. The van der Waals surface area contributed by atoms with Gasteiger partial charge in [-0.15, -0.1) is 0 Å². The summed E-state index contributed by atoms with van der Waals surface area (Å²) in [4.78, 5) is 0. The average Bonchev–Trinajstić information content (AvgIpc) is 1.90. The number of hydrogen-bond donors (Lipinski definition) is 0. The van der Waals surface area contributed by atoms with Crippen molar-refractivity contribution < 1.29 is 0 Å². The molecule has 2 heteroatoms. The molecule has 0 fully saturated rings. The van der Waals surface area contributed by atoms with Gasteiger partial charge in [-0.05, 0) is 17.7 Å². The van der Waals surface area contributed by atoms with Crippen LogP contribution in [0.25, 0.3) is 0 Å². The monoisotopic (exact) mass is 155 g/mol. The molecule has 0 saturated heterocycles. The first-order valence-electron chi connectivity index (χ1n) is 2.46. The van der Waals surface area contributed by atoms with E-state index in [0.717, 1.165) is 10.6 Å². The minimum Gasteiger partial charge on any atom is -0.0843 e. The van der Waals surface area contributed by atoms with Crippen LogP contribution >= 0.6 is 23.8 Å². The van der Waals surface area contributed by atoms with Gasteiger partial charge in [0.25, 0.3) is 0 Å². The van der Waals surface area contributed by atoms with Crippen LogP contribution in [0.4, 0.5) is 0 Å². The zero-order valence-corrected chi connectivity index (χ0v) is 6.17. The standard InChI is InChI=1S/C7H4ClS/c8-7-3-1-6(5-9)2-4-7/h1-4H. The maximum atomic E-state index is 5.61. The van der Waals surface area contributed by atoms with Crippen LogP contribution in [0.2, 0.25) is 5.02 Å². The van der Waals surface area contributed by atoms with Gasteiger partial charge in [0.05, 0.1) is 5.37 Å². The van der Waals surface area contributed by atoms with Crippen molar-refractivity contribution in [1.82, 2.24) is 0 Å². The summed E-state index contributed by atoms with van der Waals surface area (Å²) in [6.45, 7) is 0. The lowest BCUT2D eigenvalue weighted by molar-refractivity contribution is 1.69. The van der Waals surface area contributed by atoms with Gasteiger partial charge in [-0.1, -0.05) is 36.0 Å². The molecule has 0 N–H and O–H groups in total. The molecule has 0 atom stereocenters. The Labute approximate surface area is 64.5 Å². The molecule has 0 unspecified atom stereocenters. The van der Waals surface area contributed by atoms with Crippen molar-refractivity contribution in [3.05, 3.63) is 34.9 Å². The molecule has 9 heavy (non-hydrogen) atoms. The molecular weight excluding hydrogens is 152 g/mol. The largest absolute Gasteiger partial charge is 0.0843 e. The Balaban J connectivity index is 3.01. The van der Waals surface area contributed by atoms with Crippen molar-refractivity contribution in [3.8, 4) is 0 Å². The molecule has 1 radical (unpaired) electrons. The number of rotatable bonds is 1. The van der Waals surface area contributed by atoms with Gasteiger partial charge in [0, 0.05) is 5.02 Å². The molecular formula is C7H4ClS. The Morgan fingerprint density at radius 1 is 1.22 bits per heavy atom. The van der Waals surface area contributed by atoms with E-state index in [9.17, 15) is 0 Å². The summed E-state index contributed by atoms with van der Waals surface area (Å²) < 4.78 is 0. The molecule has 0 aliphatic heterocycles. The molecule has 0 aliphatic rings. The van der Waals surface area contributed by atoms with Crippen molar-refractivity contribution >= 4 is 29.2 Å². The predicted molar refractivity (Wildman–Crippen MR) is 43.2 cm³/mol. The minimum atomic E-state index is 0.726. The van der Waals surface area contributed by atoms with Crippen molar-refractivity contribution in [2.24, 2.45) is 0 Å². The highest BCUT2D eigenvalue weighted by molar-refractivity contribution is 7.79. The third kappa shape index (κ3) is 1.77. The van der Waals surface area contributed by atoms with E-state index in [2.05, 4.69) is 17.6 Å². The molecule has 1 aromatic rings. The normalized spacial score (nSPS) is 9.00. The maximum Gasteiger partial charge on any atom is 0.0636 e. The SMILES string of the molecule is S=[C]c1ccc(Cl)cc1. The number of benzene rings is 1. The third-order valence-electron chi connectivity index (χ3n) is 0.962. The summed E-state index contributed by atoms with van der Waals surface area (Å²) in [6.07, 6.45) is 0. The van der Waals surface area contributed by atoms with Gasteiger partial charge in [0.15, 0.2) is 0 Å². The Morgan fingerprint density at radius 2 is 1.78 bits per heavy atom. The van der Waals surface area contributed by atoms with Crippen LogP contribution < -0.4 is 0 Å². The highest BCUT2D eigenvalue weighted by atomic mass is 35.5. The topological polar surface area (TPSA) is 0 Å². The first-order valence-corrected chi connectivity index (χ1v) is 3.25. The first-order chi connectivity index (χ1) is 4.33.